The number of carbonyl (C=O) groups is 3. The van der Waals surface area contributed by atoms with Gasteiger partial charge in [-0.3, -0.25) is 19.3 Å². The van der Waals surface area contributed by atoms with Crippen molar-refractivity contribution >= 4 is 23.3 Å². The van der Waals surface area contributed by atoms with Crippen LogP contribution in [0, 0.1) is 0 Å². The summed E-state index contributed by atoms with van der Waals surface area (Å²) in [6.07, 6.45) is 3.71. The first-order chi connectivity index (χ1) is 12.5. The summed E-state index contributed by atoms with van der Waals surface area (Å²) < 4.78 is 5.40. The maximum absolute atomic E-state index is 12.3. The number of ether oxygens (including phenoxy) is 1. The van der Waals surface area contributed by atoms with Crippen molar-refractivity contribution in [3.8, 4) is 5.75 Å². The zero-order valence-corrected chi connectivity index (χ0v) is 15.1. The van der Waals surface area contributed by atoms with Gasteiger partial charge in [-0.15, -0.1) is 0 Å². The van der Waals surface area contributed by atoms with Crippen molar-refractivity contribution in [3.63, 3.8) is 0 Å². The van der Waals surface area contributed by atoms with Gasteiger partial charge in [0.2, 0.25) is 5.91 Å². The molecule has 26 heavy (non-hydrogen) atoms. The second-order valence-corrected chi connectivity index (χ2v) is 6.76. The molecule has 7 nitrogen and oxygen atoms in total. The zero-order chi connectivity index (χ0) is 18.5. The second-order valence-electron chi connectivity index (χ2n) is 6.76. The summed E-state index contributed by atoms with van der Waals surface area (Å²) in [5, 5.41) is 2.88. The number of nitrogens with zero attached hydrogens (tertiary/aromatic N) is 2. The molecule has 1 aromatic rings. The summed E-state index contributed by atoms with van der Waals surface area (Å²) in [5.41, 5.74) is 0.956. The Morgan fingerprint density at radius 1 is 1.19 bits per heavy atom. The molecule has 2 aliphatic heterocycles. The van der Waals surface area contributed by atoms with Crippen LogP contribution in [-0.2, 0) is 9.59 Å². The molecule has 0 saturated carbocycles. The van der Waals surface area contributed by atoms with Crippen molar-refractivity contribution in [2.45, 2.75) is 26.2 Å². The van der Waals surface area contributed by atoms with Gasteiger partial charge in [-0.05, 0) is 51.1 Å². The topological polar surface area (TPSA) is 79.0 Å². The number of likely N-dealkylation sites (tertiary alicyclic amines) is 1. The lowest BCUT2D eigenvalue weighted by molar-refractivity contribution is -0.125. The Kier molecular flexibility index (Phi) is 5.88. The minimum Gasteiger partial charge on any atom is -0.482 e. The number of amides is 2. The van der Waals surface area contributed by atoms with Gasteiger partial charge in [0.15, 0.2) is 12.4 Å². The number of hydrogen-bond donors (Lipinski definition) is 1. The Hall–Kier alpha value is -2.41. The third-order valence-corrected chi connectivity index (χ3v) is 4.81. The molecule has 0 bridgehead atoms. The number of nitrogens with one attached hydrogen (secondary N) is 1. The SMILES string of the molecule is CC(=O)c1ccc2c(c1)N(CC(=O)NCCN1CCCCC1)C(=O)CO2. The number of carbonyl (C=O) groups excluding carboxylic acids is 3. The van der Waals surface area contributed by atoms with Crippen LogP contribution in [0.25, 0.3) is 0 Å². The first-order valence-electron chi connectivity index (χ1n) is 9.12. The Morgan fingerprint density at radius 3 is 2.69 bits per heavy atom. The number of rotatable bonds is 6. The Balaban J connectivity index is 1.59. The Labute approximate surface area is 153 Å². The average molecular weight is 359 g/mol. The number of ketones is 1. The van der Waals surface area contributed by atoms with Gasteiger partial charge < -0.3 is 15.0 Å². The van der Waals surface area contributed by atoms with Crippen molar-refractivity contribution in [2.24, 2.45) is 0 Å². The summed E-state index contributed by atoms with van der Waals surface area (Å²) in [5.74, 6) is -0.0895. The predicted molar refractivity (Wildman–Crippen MR) is 97.6 cm³/mol. The van der Waals surface area contributed by atoms with Gasteiger partial charge >= 0.3 is 0 Å². The highest BCUT2D eigenvalue weighted by Crippen LogP contribution is 2.32. The molecule has 3 rings (SSSR count). The molecular weight excluding hydrogens is 334 g/mol. The lowest BCUT2D eigenvalue weighted by Gasteiger charge is -2.29. The number of fused-ring (bicyclic) bond motifs is 1. The first-order valence-corrected chi connectivity index (χ1v) is 9.12. The van der Waals surface area contributed by atoms with Crippen LogP contribution in [-0.4, -0.2) is 61.8 Å². The average Bonchev–Trinajstić information content (AvgIpc) is 2.64. The van der Waals surface area contributed by atoms with E-state index >= 15 is 0 Å². The van der Waals surface area contributed by atoms with E-state index in [0.717, 1.165) is 19.6 Å². The minimum atomic E-state index is -0.288. The van der Waals surface area contributed by atoms with Gasteiger partial charge in [0.25, 0.3) is 5.91 Å². The largest absolute Gasteiger partial charge is 0.482 e. The zero-order valence-electron chi connectivity index (χ0n) is 15.1. The van der Waals surface area contributed by atoms with Crippen LogP contribution < -0.4 is 15.0 Å². The predicted octanol–water partition coefficient (Wildman–Crippen LogP) is 1.22. The molecule has 2 amide bonds. The smallest absolute Gasteiger partial charge is 0.265 e. The van der Waals surface area contributed by atoms with Gasteiger partial charge in [0.05, 0.1) is 5.69 Å². The molecule has 0 aliphatic carbocycles. The number of piperidine rings is 1. The highest BCUT2D eigenvalue weighted by atomic mass is 16.5. The van der Waals surface area contributed by atoms with Crippen LogP contribution in [0.5, 0.6) is 5.75 Å². The van der Waals surface area contributed by atoms with Crippen molar-refractivity contribution < 1.29 is 19.1 Å². The summed E-state index contributed by atoms with van der Waals surface area (Å²) in [4.78, 5) is 39.9. The Bertz CT molecular complexity index is 698. The molecule has 0 radical (unpaired) electrons. The molecule has 0 unspecified atom stereocenters. The van der Waals surface area contributed by atoms with E-state index in [1.165, 1.54) is 31.1 Å². The van der Waals surface area contributed by atoms with E-state index in [-0.39, 0.29) is 30.7 Å². The van der Waals surface area contributed by atoms with E-state index in [1.807, 2.05) is 0 Å². The first kappa shape index (κ1) is 18.4. The van der Waals surface area contributed by atoms with E-state index in [1.54, 1.807) is 18.2 Å². The van der Waals surface area contributed by atoms with Crippen LogP contribution in [0.2, 0.25) is 0 Å². The highest BCUT2D eigenvalue weighted by molar-refractivity contribution is 6.04. The standard InChI is InChI=1S/C19H25N3O4/c1-14(23)15-5-6-17-16(11-15)22(19(25)13-26-17)12-18(24)20-7-10-21-8-3-2-4-9-21/h5-6,11H,2-4,7-10,12-13H2,1H3,(H,20,24). The van der Waals surface area contributed by atoms with Crippen LogP contribution >= 0.6 is 0 Å². The Morgan fingerprint density at radius 2 is 1.96 bits per heavy atom. The number of hydrogen-bond acceptors (Lipinski definition) is 5. The van der Waals surface area contributed by atoms with Gasteiger partial charge in [0.1, 0.15) is 12.3 Å². The molecule has 2 aliphatic rings. The van der Waals surface area contributed by atoms with Crippen molar-refractivity contribution in [1.29, 1.82) is 0 Å². The molecule has 0 atom stereocenters. The molecule has 0 aromatic heterocycles. The van der Waals surface area contributed by atoms with Gasteiger partial charge in [-0.1, -0.05) is 6.42 Å². The number of anilines is 1. The van der Waals surface area contributed by atoms with Crippen LogP contribution in [0.1, 0.15) is 36.5 Å². The third-order valence-electron chi connectivity index (χ3n) is 4.81. The van der Waals surface area contributed by atoms with E-state index in [0.29, 0.717) is 23.5 Å². The molecule has 1 N–H and O–H groups in total. The lowest BCUT2D eigenvalue weighted by Crippen LogP contribution is -2.46. The molecule has 0 spiro atoms. The fourth-order valence-electron chi connectivity index (χ4n) is 3.33. The molecule has 140 valence electrons. The third kappa shape index (κ3) is 4.40. The lowest BCUT2D eigenvalue weighted by atomic mass is 10.1. The molecule has 1 fully saturated rings. The molecule has 1 aromatic carbocycles. The summed E-state index contributed by atoms with van der Waals surface area (Å²) in [7, 11) is 0. The monoisotopic (exact) mass is 359 g/mol. The second kappa shape index (κ2) is 8.31. The number of Topliss-reactive ketones (excluding diaryl/α,β-unsaturated/α-hetero) is 1. The molecule has 2 heterocycles. The van der Waals surface area contributed by atoms with Crippen molar-refractivity contribution in [1.82, 2.24) is 10.2 Å². The quantitative estimate of drug-likeness (QED) is 0.773. The molecule has 7 heteroatoms. The molecular formula is C19H25N3O4. The van der Waals surface area contributed by atoms with Crippen LogP contribution in [0.3, 0.4) is 0 Å². The van der Waals surface area contributed by atoms with Gasteiger partial charge in [-0.25, -0.2) is 0 Å². The minimum absolute atomic E-state index is 0.0729. The number of benzene rings is 1. The highest BCUT2D eigenvalue weighted by Gasteiger charge is 2.28. The summed E-state index contributed by atoms with van der Waals surface area (Å²) in [6.45, 7) is 4.85. The molecule has 1 saturated heterocycles. The maximum atomic E-state index is 12.3. The van der Waals surface area contributed by atoms with Gasteiger partial charge in [0, 0.05) is 18.7 Å². The summed E-state index contributed by atoms with van der Waals surface area (Å²) in [6, 6.07) is 4.93. The van der Waals surface area contributed by atoms with E-state index < -0.39 is 0 Å². The summed E-state index contributed by atoms with van der Waals surface area (Å²) >= 11 is 0. The van der Waals surface area contributed by atoms with E-state index in [9.17, 15) is 14.4 Å². The fraction of sp³-hybridized carbons (Fsp3) is 0.526. The van der Waals surface area contributed by atoms with Crippen molar-refractivity contribution in [2.75, 3.05) is 44.2 Å². The fourth-order valence-corrected chi connectivity index (χ4v) is 3.33. The van der Waals surface area contributed by atoms with Crippen molar-refractivity contribution in [3.05, 3.63) is 23.8 Å². The normalized spacial score (nSPS) is 17.4. The van der Waals surface area contributed by atoms with E-state index in [2.05, 4.69) is 10.2 Å². The van der Waals surface area contributed by atoms with Crippen LogP contribution in [0.4, 0.5) is 5.69 Å². The van der Waals surface area contributed by atoms with Crippen LogP contribution in [0.15, 0.2) is 18.2 Å². The van der Waals surface area contributed by atoms with Gasteiger partial charge in [-0.2, -0.15) is 0 Å². The maximum Gasteiger partial charge on any atom is 0.265 e. The van der Waals surface area contributed by atoms with E-state index in [4.69, 9.17) is 4.74 Å².